The standard InChI is InChI=1S/C16H21N3OS2/c1-19-11-17-14-10-12(6-7-15(14)19)18-16(20)5-3-2-4-13-8-9-21-22-13/h6-7,10-11,13H,2-5,8-9H2,1H3,(H,18,20)/t13-/m0/s1. The predicted molar refractivity (Wildman–Crippen MR) is 96.3 cm³/mol. The summed E-state index contributed by atoms with van der Waals surface area (Å²) >= 11 is 0. The maximum atomic E-state index is 12.0. The van der Waals surface area contributed by atoms with Crippen LogP contribution < -0.4 is 5.32 Å². The summed E-state index contributed by atoms with van der Waals surface area (Å²) in [6, 6.07) is 5.86. The third-order valence-corrected chi connectivity index (χ3v) is 6.92. The van der Waals surface area contributed by atoms with Crippen LogP contribution in [0, 0.1) is 0 Å². The van der Waals surface area contributed by atoms with Crippen molar-refractivity contribution in [2.45, 2.75) is 37.4 Å². The van der Waals surface area contributed by atoms with E-state index in [0.717, 1.165) is 34.8 Å². The molecule has 1 N–H and O–H groups in total. The van der Waals surface area contributed by atoms with Crippen LogP contribution in [0.5, 0.6) is 0 Å². The molecule has 22 heavy (non-hydrogen) atoms. The molecule has 2 heterocycles. The van der Waals surface area contributed by atoms with Gasteiger partial charge in [0.2, 0.25) is 5.91 Å². The smallest absolute Gasteiger partial charge is 0.224 e. The number of unbranched alkanes of at least 4 members (excludes halogenated alkanes) is 1. The van der Waals surface area contributed by atoms with Gasteiger partial charge in [-0.05, 0) is 37.5 Å². The lowest BCUT2D eigenvalue weighted by atomic mass is 10.1. The van der Waals surface area contributed by atoms with Crippen LogP contribution in [0.4, 0.5) is 5.69 Å². The molecule has 118 valence electrons. The van der Waals surface area contributed by atoms with E-state index in [1.54, 1.807) is 6.33 Å². The third-order valence-electron chi connectivity index (χ3n) is 3.92. The van der Waals surface area contributed by atoms with Crippen LogP contribution in [0.2, 0.25) is 0 Å². The van der Waals surface area contributed by atoms with Crippen molar-refractivity contribution in [2.24, 2.45) is 7.05 Å². The Balaban J connectivity index is 1.43. The Labute approximate surface area is 138 Å². The van der Waals surface area contributed by atoms with Crippen molar-refractivity contribution in [1.29, 1.82) is 0 Å². The zero-order valence-electron chi connectivity index (χ0n) is 12.7. The van der Waals surface area contributed by atoms with Crippen molar-refractivity contribution in [3.05, 3.63) is 24.5 Å². The van der Waals surface area contributed by atoms with E-state index in [1.807, 2.05) is 51.4 Å². The quantitative estimate of drug-likeness (QED) is 0.634. The fourth-order valence-corrected chi connectivity index (χ4v) is 5.69. The molecule has 0 unspecified atom stereocenters. The van der Waals surface area contributed by atoms with E-state index < -0.39 is 0 Å². The van der Waals surface area contributed by atoms with E-state index in [0.29, 0.717) is 6.42 Å². The number of aromatic nitrogens is 2. The number of hydrogen-bond acceptors (Lipinski definition) is 4. The Morgan fingerprint density at radius 1 is 1.45 bits per heavy atom. The summed E-state index contributed by atoms with van der Waals surface area (Å²) in [7, 11) is 5.96. The normalized spacial score (nSPS) is 18.0. The van der Waals surface area contributed by atoms with Crippen LogP contribution >= 0.6 is 21.6 Å². The molecule has 4 nitrogen and oxygen atoms in total. The highest BCUT2D eigenvalue weighted by molar-refractivity contribution is 8.77. The highest BCUT2D eigenvalue weighted by atomic mass is 33.1. The lowest BCUT2D eigenvalue weighted by Gasteiger charge is -2.08. The molecule has 3 rings (SSSR count). The van der Waals surface area contributed by atoms with Gasteiger partial charge in [-0.2, -0.15) is 0 Å². The maximum Gasteiger partial charge on any atom is 0.224 e. The van der Waals surface area contributed by atoms with E-state index in [4.69, 9.17) is 0 Å². The minimum atomic E-state index is 0.101. The molecule has 1 aliphatic rings. The van der Waals surface area contributed by atoms with Crippen molar-refractivity contribution < 1.29 is 4.79 Å². The Hall–Kier alpha value is -1.14. The highest BCUT2D eigenvalue weighted by Crippen LogP contribution is 2.39. The minimum absolute atomic E-state index is 0.101. The van der Waals surface area contributed by atoms with E-state index in [2.05, 4.69) is 10.3 Å². The zero-order valence-corrected chi connectivity index (χ0v) is 14.4. The average Bonchev–Trinajstić information content (AvgIpc) is 3.14. The van der Waals surface area contributed by atoms with Crippen molar-refractivity contribution in [1.82, 2.24) is 9.55 Å². The fourth-order valence-electron chi connectivity index (χ4n) is 2.66. The summed E-state index contributed by atoms with van der Waals surface area (Å²) in [5, 5.41) is 3.78. The average molecular weight is 335 g/mol. The van der Waals surface area contributed by atoms with Gasteiger partial charge in [0.15, 0.2) is 0 Å². The van der Waals surface area contributed by atoms with Gasteiger partial charge in [0.05, 0.1) is 17.4 Å². The third kappa shape index (κ3) is 3.98. The summed E-state index contributed by atoms with van der Waals surface area (Å²) in [6.45, 7) is 0. The fraction of sp³-hybridized carbons (Fsp3) is 0.500. The number of amides is 1. The molecule has 1 fully saturated rings. The topological polar surface area (TPSA) is 46.9 Å². The van der Waals surface area contributed by atoms with Crippen molar-refractivity contribution in [3.8, 4) is 0 Å². The van der Waals surface area contributed by atoms with Gasteiger partial charge in [-0.3, -0.25) is 4.79 Å². The molecule has 1 aliphatic heterocycles. The van der Waals surface area contributed by atoms with Crippen LogP contribution in [0.15, 0.2) is 24.5 Å². The largest absolute Gasteiger partial charge is 0.334 e. The van der Waals surface area contributed by atoms with Gasteiger partial charge in [-0.15, -0.1) is 0 Å². The number of carbonyl (C=O) groups excluding carboxylic acids is 1. The molecule has 1 aromatic carbocycles. The molecular formula is C16H21N3OS2. The summed E-state index contributed by atoms with van der Waals surface area (Å²) in [4.78, 5) is 16.3. The van der Waals surface area contributed by atoms with E-state index in [9.17, 15) is 4.79 Å². The number of fused-ring (bicyclic) bond motifs is 1. The first-order valence-electron chi connectivity index (χ1n) is 7.71. The van der Waals surface area contributed by atoms with E-state index >= 15 is 0 Å². The Morgan fingerprint density at radius 3 is 3.18 bits per heavy atom. The van der Waals surface area contributed by atoms with Gasteiger partial charge >= 0.3 is 0 Å². The summed E-state index contributed by atoms with van der Waals surface area (Å²) < 4.78 is 1.97. The first-order valence-corrected chi connectivity index (χ1v) is 10.1. The van der Waals surface area contributed by atoms with Gasteiger partial charge in [0, 0.05) is 30.2 Å². The number of anilines is 1. The van der Waals surface area contributed by atoms with Gasteiger partial charge in [0.1, 0.15) is 0 Å². The Bertz CT molecular complexity index is 650. The summed E-state index contributed by atoms with van der Waals surface area (Å²) in [6.07, 6.45) is 7.07. The molecule has 1 aromatic heterocycles. The van der Waals surface area contributed by atoms with E-state index in [1.165, 1.54) is 18.6 Å². The van der Waals surface area contributed by atoms with Crippen LogP contribution in [0.3, 0.4) is 0 Å². The second-order valence-electron chi connectivity index (χ2n) is 5.68. The monoisotopic (exact) mass is 335 g/mol. The number of nitrogens with one attached hydrogen (secondary N) is 1. The summed E-state index contributed by atoms with van der Waals surface area (Å²) in [5.41, 5.74) is 2.82. The van der Waals surface area contributed by atoms with E-state index in [-0.39, 0.29) is 5.91 Å². The Morgan fingerprint density at radius 2 is 2.36 bits per heavy atom. The molecule has 6 heteroatoms. The van der Waals surface area contributed by atoms with Crippen LogP contribution in [-0.4, -0.2) is 26.5 Å². The SMILES string of the molecule is Cn1cnc2cc(NC(=O)CCCC[C@H]3CCSS3)ccc21. The zero-order chi connectivity index (χ0) is 15.4. The maximum absolute atomic E-state index is 12.0. The lowest BCUT2D eigenvalue weighted by Crippen LogP contribution is -2.11. The molecule has 0 saturated carbocycles. The number of benzene rings is 1. The van der Waals surface area contributed by atoms with Gasteiger partial charge < -0.3 is 9.88 Å². The predicted octanol–water partition coefficient (Wildman–Crippen LogP) is 4.23. The number of rotatable bonds is 6. The molecule has 2 aromatic rings. The van der Waals surface area contributed by atoms with Gasteiger partial charge in [0.25, 0.3) is 0 Å². The lowest BCUT2D eigenvalue weighted by molar-refractivity contribution is -0.116. The minimum Gasteiger partial charge on any atom is -0.334 e. The Kier molecular flexibility index (Phi) is 5.31. The molecular weight excluding hydrogens is 314 g/mol. The van der Waals surface area contributed by atoms with Crippen molar-refractivity contribution in [2.75, 3.05) is 11.1 Å². The van der Waals surface area contributed by atoms with Crippen molar-refractivity contribution >= 4 is 44.2 Å². The molecule has 0 aliphatic carbocycles. The number of nitrogens with zero attached hydrogens (tertiary/aromatic N) is 2. The molecule has 1 saturated heterocycles. The number of aryl methyl sites for hydroxylation is 1. The van der Waals surface area contributed by atoms with Gasteiger partial charge in [-0.1, -0.05) is 28.0 Å². The first kappa shape index (κ1) is 15.7. The van der Waals surface area contributed by atoms with Crippen molar-refractivity contribution in [3.63, 3.8) is 0 Å². The molecule has 0 bridgehead atoms. The molecule has 1 atom stereocenters. The number of carbonyl (C=O) groups is 1. The van der Waals surface area contributed by atoms with Gasteiger partial charge in [-0.25, -0.2) is 4.98 Å². The van der Waals surface area contributed by atoms with Crippen LogP contribution in [-0.2, 0) is 11.8 Å². The summed E-state index contributed by atoms with van der Waals surface area (Å²) in [5.74, 6) is 1.38. The number of imidazole rings is 1. The second-order valence-corrected chi connectivity index (χ2v) is 8.47. The molecule has 0 radical (unpaired) electrons. The second kappa shape index (κ2) is 7.42. The van der Waals surface area contributed by atoms with Crippen LogP contribution in [0.25, 0.3) is 11.0 Å². The highest BCUT2D eigenvalue weighted by Gasteiger charge is 2.15. The van der Waals surface area contributed by atoms with Crippen LogP contribution in [0.1, 0.15) is 32.1 Å². The molecule has 0 spiro atoms. The molecule has 1 amide bonds. The first-order chi connectivity index (χ1) is 10.7. The number of hydrogen-bond donors (Lipinski definition) is 1.